The van der Waals surface area contributed by atoms with Gasteiger partial charge in [-0.25, -0.2) is 0 Å². The van der Waals surface area contributed by atoms with Crippen LogP contribution >= 0.6 is 0 Å². The Bertz CT molecular complexity index is 1470. The minimum absolute atomic E-state index is 0. The van der Waals surface area contributed by atoms with Crippen LogP contribution in [0.4, 0.5) is 17.1 Å². The zero-order chi connectivity index (χ0) is 23.8. The van der Waals surface area contributed by atoms with Gasteiger partial charge < -0.3 is 15.2 Å². The van der Waals surface area contributed by atoms with Crippen molar-refractivity contribution < 1.29 is 35.8 Å². The van der Waals surface area contributed by atoms with E-state index in [1.807, 2.05) is 0 Å². The first-order valence-corrected chi connectivity index (χ1v) is 11.8. The van der Waals surface area contributed by atoms with Crippen LogP contribution in [0.5, 0.6) is 11.5 Å². The summed E-state index contributed by atoms with van der Waals surface area (Å²) in [5.41, 5.74) is 0.426. The van der Waals surface area contributed by atoms with Crippen LogP contribution in [0.25, 0.3) is 10.8 Å². The van der Waals surface area contributed by atoms with E-state index in [1.54, 1.807) is 26.1 Å². The highest BCUT2D eigenvalue weighted by molar-refractivity contribution is 7.86. The second-order valence-electron chi connectivity index (χ2n) is 6.70. The molecule has 0 radical (unpaired) electrons. The highest BCUT2D eigenvalue weighted by Gasteiger charge is 2.23. The van der Waals surface area contributed by atoms with Crippen molar-refractivity contribution in [2.45, 2.75) is 24.1 Å². The van der Waals surface area contributed by atoms with E-state index < -0.39 is 41.5 Å². The number of hydrogen-bond acceptors (Lipinski definition) is 9. The van der Waals surface area contributed by atoms with Crippen LogP contribution in [-0.4, -0.2) is 45.2 Å². The first-order chi connectivity index (χ1) is 14.9. The number of phenolic OH excluding ortho intramolecular Hbond substituents is 1. The van der Waals surface area contributed by atoms with E-state index >= 15 is 0 Å². The van der Waals surface area contributed by atoms with Gasteiger partial charge in [0.15, 0.2) is 5.75 Å². The maximum absolute atomic E-state index is 11.9. The van der Waals surface area contributed by atoms with Crippen LogP contribution in [-0.2, 0) is 20.2 Å². The molecular weight excluding hydrogens is 474 g/mol. The molecule has 3 rings (SSSR count). The Hall–Kier alpha value is -3.26. The second-order valence-corrected chi connectivity index (χ2v) is 9.48. The number of nitrogens with zero attached hydrogens (tertiary/aromatic N) is 2. The van der Waals surface area contributed by atoms with Crippen LogP contribution in [0.1, 0.15) is 13.0 Å². The minimum Gasteiger partial charge on any atom is -0.505 e. The lowest BCUT2D eigenvalue weighted by atomic mass is 10.1. The lowest BCUT2D eigenvalue weighted by Crippen LogP contribution is -2.02. The van der Waals surface area contributed by atoms with E-state index in [0.29, 0.717) is 16.6 Å². The summed E-state index contributed by atoms with van der Waals surface area (Å²) in [5, 5.41) is 21.7. The third kappa shape index (κ3) is 5.22. The number of azo groups is 1. The molecule has 4 N–H and O–H groups in total. The molecule has 13 heteroatoms. The molecule has 0 fully saturated rings. The maximum atomic E-state index is 11.9. The molecule has 33 heavy (non-hydrogen) atoms. The van der Waals surface area contributed by atoms with Crippen molar-refractivity contribution in [1.82, 2.24) is 0 Å². The zero-order valence-electron chi connectivity index (χ0n) is 17.1. The number of methoxy groups -OCH3 is 1. The van der Waals surface area contributed by atoms with Gasteiger partial charge in [0, 0.05) is 18.1 Å². The average molecular weight is 498 g/mol. The summed E-state index contributed by atoms with van der Waals surface area (Å²) >= 11 is 0. The molecule has 0 aliphatic heterocycles. The molecule has 0 spiro atoms. The number of hydrogen-bond donors (Lipinski definition) is 4. The molecule has 178 valence electrons. The van der Waals surface area contributed by atoms with Crippen molar-refractivity contribution >= 4 is 48.1 Å². The average Bonchev–Trinajstić information content (AvgIpc) is 2.71. The quantitative estimate of drug-likeness (QED) is 0.283. The molecule has 0 heterocycles. The number of nitrogens with one attached hydrogen (secondary N) is 1. The van der Waals surface area contributed by atoms with Gasteiger partial charge in [-0.3, -0.25) is 9.11 Å². The van der Waals surface area contributed by atoms with Crippen molar-refractivity contribution in [3.63, 3.8) is 0 Å². The molecule has 0 aliphatic carbocycles. The van der Waals surface area contributed by atoms with Gasteiger partial charge >= 0.3 is 0 Å². The molecule has 0 atom stereocenters. The predicted octanol–water partition coefficient (Wildman–Crippen LogP) is 4.45. The van der Waals surface area contributed by atoms with E-state index in [2.05, 4.69) is 15.5 Å². The van der Waals surface area contributed by atoms with Gasteiger partial charge in [-0.2, -0.15) is 21.9 Å². The van der Waals surface area contributed by atoms with Crippen molar-refractivity contribution in [3.8, 4) is 11.5 Å². The number of rotatable bonds is 6. The fraction of sp³-hybridized carbons (Fsp3) is 0.200. The Kier molecular flexibility index (Phi) is 7.33. The fourth-order valence-electron chi connectivity index (χ4n) is 3.02. The van der Waals surface area contributed by atoms with Gasteiger partial charge in [0.25, 0.3) is 20.2 Å². The molecule has 3 aromatic rings. The molecule has 3 aromatic carbocycles. The molecule has 0 bridgehead atoms. The highest BCUT2D eigenvalue weighted by atomic mass is 32.2. The first-order valence-electron chi connectivity index (χ1n) is 8.89. The first kappa shape index (κ1) is 26.0. The van der Waals surface area contributed by atoms with E-state index in [1.165, 1.54) is 19.2 Å². The third-order valence-electron chi connectivity index (χ3n) is 4.64. The topological polar surface area (TPSA) is 175 Å². The predicted molar refractivity (Wildman–Crippen MR) is 123 cm³/mol. The SMILES string of the molecule is C.CNc1ccc2c(O)c(N=Nc3cc(S(=O)(=O)O)c(OC)cc3C)c(S(=O)(=O)O)cc2c1. The van der Waals surface area contributed by atoms with Gasteiger partial charge in [-0.05, 0) is 54.3 Å². The monoisotopic (exact) mass is 497 g/mol. The lowest BCUT2D eigenvalue weighted by molar-refractivity contribution is 0.397. The number of aryl methyl sites for hydroxylation is 1. The summed E-state index contributed by atoms with van der Waals surface area (Å²) in [5.74, 6) is -0.681. The Balaban J connectivity index is 0.00000385. The molecule has 0 unspecified atom stereocenters. The molecule has 0 saturated heterocycles. The van der Waals surface area contributed by atoms with Gasteiger partial charge in [0.1, 0.15) is 21.2 Å². The number of anilines is 1. The Morgan fingerprint density at radius 1 is 0.939 bits per heavy atom. The standard InChI is InChI=1S/C19H19N3O8S2.CH4/c1-10-6-15(30-3)16(31(24,25)26)9-14(10)21-22-18-17(32(27,28)29)8-11-7-12(20-2)4-5-13(11)19(18)23;/h4-9,20,23H,1-3H3,(H,24,25,26)(H,27,28,29);1H4. The van der Waals surface area contributed by atoms with Gasteiger partial charge in [-0.15, -0.1) is 5.11 Å². The van der Waals surface area contributed by atoms with E-state index in [0.717, 1.165) is 12.1 Å². The van der Waals surface area contributed by atoms with Crippen molar-refractivity contribution in [3.05, 3.63) is 42.0 Å². The van der Waals surface area contributed by atoms with Crippen LogP contribution in [0.15, 0.2) is 56.4 Å². The molecule has 0 amide bonds. The van der Waals surface area contributed by atoms with Crippen LogP contribution in [0.2, 0.25) is 0 Å². The molecular formula is C20H23N3O8S2. The second kappa shape index (κ2) is 9.31. The molecule has 0 aliphatic rings. The summed E-state index contributed by atoms with van der Waals surface area (Å²) in [6.45, 7) is 1.55. The van der Waals surface area contributed by atoms with Crippen molar-refractivity contribution in [1.29, 1.82) is 0 Å². The Labute approximate surface area is 191 Å². The maximum Gasteiger partial charge on any atom is 0.298 e. The molecule has 0 saturated carbocycles. The summed E-state index contributed by atoms with van der Waals surface area (Å²) in [6.07, 6.45) is 0. The van der Waals surface area contributed by atoms with Gasteiger partial charge in [-0.1, -0.05) is 7.43 Å². The van der Waals surface area contributed by atoms with Crippen LogP contribution in [0, 0.1) is 6.92 Å². The summed E-state index contributed by atoms with van der Waals surface area (Å²) in [6, 6.07) is 8.14. The van der Waals surface area contributed by atoms with E-state index in [-0.39, 0.29) is 24.2 Å². The van der Waals surface area contributed by atoms with Gasteiger partial charge in [0.2, 0.25) is 0 Å². The van der Waals surface area contributed by atoms with Crippen LogP contribution < -0.4 is 10.1 Å². The van der Waals surface area contributed by atoms with Crippen LogP contribution in [0.3, 0.4) is 0 Å². The summed E-state index contributed by atoms with van der Waals surface area (Å²) in [4.78, 5) is -1.27. The summed E-state index contributed by atoms with van der Waals surface area (Å²) in [7, 11) is -6.60. The van der Waals surface area contributed by atoms with E-state index in [9.17, 15) is 31.0 Å². The summed E-state index contributed by atoms with van der Waals surface area (Å²) < 4.78 is 71.2. The number of phenols is 1. The third-order valence-corrected chi connectivity index (χ3v) is 6.38. The zero-order valence-corrected chi connectivity index (χ0v) is 18.7. The van der Waals surface area contributed by atoms with E-state index in [4.69, 9.17) is 4.74 Å². The lowest BCUT2D eigenvalue weighted by Gasteiger charge is -2.11. The Morgan fingerprint density at radius 2 is 1.58 bits per heavy atom. The van der Waals surface area contributed by atoms with Crippen molar-refractivity contribution in [2.24, 2.45) is 10.2 Å². The number of fused-ring (bicyclic) bond motifs is 1. The normalized spacial score (nSPS) is 12.0. The molecule has 0 aromatic heterocycles. The number of aromatic hydroxyl groups is 1. The molecule has 11 nitrogen and oxygen atoms in total. The van der Waals surface area contributed by atoms with Gasteiger partial charge in [0.05, 0.1) is 12.8 Å². The number of ether oxygens (including phenoxy) is 1. The largest absolute Gasteiger partial charge is 0.505 e. The Morgan fingerprint density at radius 3 is 2.12 bits per heavy atom. The smallest absolute Gasteiger partial charge is 0.298 e. The number of benzene rings is 3. The highest BCUT2D eigenvalue weighted by Crippen LogP contribution is 2.42. The van der Waals surface area contributed by atoms with Crippen molar-refractivity contribution in [2.75, 3.05) is 19.5 Å². The fourth-order valence-corrected chi connectivity index (χ4v) is 4.34. The minimum atomic E-state index is -4.81.